The molecule has 1 amide bonds. The first-order chi connectivity index (χ1) is 19.3. The third kappa shape index (κ3) is 4.50. The van der Waals surface area contributed by atoms with Crippen LogP contribution in [0.2, 0.25) is 0 Å². The fraction of sp³-hybridized carbons (Fsp3) is 0.107. The number of carbonyl (C=O) groups is 2. The summed E-state index contributed by atoms with van der Waals surface area (Å²) in [5.74, 6) is -2.06. The van der Waals surface area contributed by atoms with Gasteiger partial charge in [-0.05, 0) is 54.4 Å². The average Bonchev–Trinajstić information content (AvgIpc) is 3.62. The van der Waals surface area contributed by atoms with Gasteiger partial charge in [0.05, 0.1) is 17.3 Å². The number of anilines is 1. The number of amides is 1. The zero-order chi connectivity index (χ0) is 28.0. The Hall–Kier alpha value is -4.55. The molecule has 0 radical (unpaired) electrons. The van der Waals surface area contributed by atoms with Crippen molar-refractivity contribution in [3.63, 3.8) is 0 Å². The van der Waals surface area contributed by atoms with Crippen LogP contribution in [0.15, 0.2) is 82.8 Å². The summed E-state index contributed by atoms with van der Waals surface area (Å²) in [5, 5.41) is 30.3. The highest BCUT2D eigenvalue weighted by Crippen LogP contribution is 2.44. The summed E-state index contributed by atoms with van der Waals surface area (Å²) in [7, 11) is 0. The summed E-state index contributed by atoms with van der Waals surface area (Å²) < 4.78 is 15.4. The maximum atomic E-state index is 13.5. The number of aromatic hydroxyl groups is 1. The van der Waals surface area contributed by atoms with Gasteiger partial charge in [-0.15, -0.1) is 10.2 Å². The highest BCUT2D eigenvalue weighted by molar-refractivity contribution is 8.00. The normalized spacial score (nSPS) is 16.8. The second-order valence-electron chi connectivity index (χ2n) is 9.00. The number of nitrogens with zero attached hydrogens (tertiary/aromatic N) is 5. The molecule has 1 fully saturated rings. The lowest BCUT2D eigenvalue weighted by Crippen LogP contribution is -2.29. The van der Waals surface area contributed by atoms with E-state index in [4.69, 9.17) is 0 Å². The monoisotopic (exact) mass is 573 g/mol. The summed E-state index contributed by atoms with van der Waals surface area (Å²) >= 11 is 2.47. The van der Waals surface area contributed by atoms with Crippen molar-refractivity contribution >= 4 is 51.3 Å². The highest BCUT2D eigenvalue weighted by atomic mass is 32.2. The maximum Gasteiger partial charge on any atom is 0.301 e. The molecule has 1 atom stereocenters. The van der Waals surface area contributed by atoms with E-state index in [1.807, 2.05) is 0 Å². The fourth-order valence-electron chi connectivity index (χ4n) is 4.65. The molecule has 0 spiro atoms. The summed E-state index contributed by atoms with van der Waals surface area (Å²) in [6, 6.07) is 16.5. The van der Waals surface area contributed by atoms with Crippen LogP contribution in [0.3, 0.4) is 0 Å². The van der Waals surface area contributed by atoms with Crippen LogP contribution in [0.4, 0.5) is 9.52 Å². The Balaban J connectivity index is 1.43. The smallest absolute Gasteiger partial charge is 0.301 e. The zero-order valence-electron chi connectivity index (χ0n) is 20.9. The van der Waals surface area contributed by atoms with Gasteiger partial charge in [0.1, 0.15) is 22.9 Å². The van der Waals surface area contributed by atoms with Gasteiger partial charge in [-0.25, -0.2) is 9.37 Å². The van der Waals surface area contributed by atoms with Gasteiger partial charge in [0.15, 0.2) is 10.1 Å². The molecule has 1 aliphatic heterocycles. The number of rotatable bonds is 6. The molecule has 40 heavy (non-hydrogen) atoms. The molecule has 1 saturated heterocycles. The lowest BCUT2D eigenvalue weighted by atomic mass is 9.96. The number of imidazole rings is 1. The lowest BCUT2D eigenvalue weighted by Gasteiger charge is -2.22. The minimum atomic E-state index is -1.08. The van der Waals surface area contributed by atoms with E-state index in [0.717, 1.165) is 16.9 Å². The molecule has 2 aromatic carbocycles. The van der Waals surface area contributed by atoms with Gasteiger partial charge in [-0.3, -0.25) is 18.9 Å². The number of pyridine rings is 1. The van der Waals surface area contributed by atoms with Gasteiger partial charge in [0.2, 0.25) is 5.13 Å². The lowest BCUT2D eigenvalue weighted by molar-refractivity contribution is -0.132. The van der Waals surface area contributed by atoms with E-state index >= 15 is 0 Å². The third-order valence-corrected chi connectivity index (χ3v) is 8.56. The standard InChI is InChI=1S/C28H20FN5O4S2/c1-15-22(33-12-3-2-7-20(33)30-15)24(36)21-23(17-5-4-6-19(35)13-17)34(26(38)25(21)37)27-31-32-28(40-27)39-14-16-8-10-18(29)11-9-16/h2-13,23,35-36H,14H2,1H3. The van der Waals surface area contributed by atoms with Gasteiger partial charge in [-0.1, -0.05) is 53.4 Å². The number of carbonyl (C=O) groups excluding carboxylic acids is 2. The quantitative estimate of drug-likeness (QED) is 0.0928. The van der Waals surface area contributed by atoms with Crippen LogP contribution in [0.1, 0.15) is 28.6 Å². The Morgan fingerprint density at radius 1 is 1.07 bits per heavy atom. The number of aromatic nitrogens is 4. The average molecular weight is 574 g/mol. The largest absolute Gasteiger partial charge is 0.508 e. The maximum absolute atomic E-state index is 13.5. The van der Waals surface area contributed by atoms with Crippen molar-refractivity contribution in [1.29, 1.82) is 0 Å². The molecular formula is C28H20FN5O4S2. The number of phenolic OH excluding ortho intramolecular Hbond substituents is 1. The summed E-state index contributed by atoms with van der Waals surface area (Å²) in [6.45, 7) is 1.71. The Morgan fingerprint density at radius 2 is 1.88 bits per heavy atom. The molecule has 0 saturated carbocycles. The summed E-state index contributed by atoms with van der Waals surface area (Å²) in [6.07, 6.45) is 1.71. The molecule has 200 valence electrons. The van der Waals surface area contributed by atoms with Gasteiger partial charge in [-0.2, -0.15) is 0 Å². The van der Waals surface area contributed by atoms with E-state index < -0.39 is 17.7 Å². The van der Waals surface area contributed by atoms with Crippen LogP contribution in [0.5, 0.6) is 5.75 Å². The Labute approximate surface area is 235 Å². The second kappa shape index (κ2) is 10.2. The molecule has 5 aromatic rings. The minimum absolute atomic E-state index is 0.0677. The molecule has 1 aliphatic rings. The molecule has 1 unspecified atom stereocenters. The van der Waals surface area contributed by atoms with Crippen LogP contribution >= 0.6 is 23.1 Å². The van der Waals surface area contributed by atoms with Crippen molar-refractivity contribution in [2.75, 3.05) is 4.90 Å². The molecule has 2 N–H and O–H groups in total. The number of aryl methyl sites for hydroxylation is 1. The van der Waals surface area contributed by atoms with E-state index in [1.165, 1.54) is 40.9 Å². The van der Waals surface area contributed by atoms with Gasteiger partial charge >= 0.3 is 5.91 Å². The molecule has 4 heterocycles. The third-order valence-electron chi connectivity index (χ3n) is 6.44. The number of hydrogen-bond acceptors (Lipinski definition) is 9. The number of ketones is 1. The first kappa shape index (κ1) is 25.7. The van der Waals surface area contributed by atoms with E-state index in [9.17, 15) is 24.2 Å². The minimum Gasteiger partial charge on any atom is -0.508 e. The number of aliphatic hydroxyl groups is 1. The van der Waals surface area contributed by atoms with Crippen molar-refractivity contribution < 1.29 is 24.2 Å². The van der Waals surface area contributed by atoms with Crippen molar-refractivity contribution in [2.45, 2.75) is 23.1 Å². The van der Waals surface area contributed by atoms with Gasteiger partial charge in [0.25, 0.3) is 5.78 Å². The van der Waals surface area contributed by atoms with Crippen molar-refractivity contribution in [1.82, 2.24) is 19.6 Å². The highest BCUT2D eigenvalue weighted by Gasteiger charge is 2.49. The number of fused-ring (bicyclic) bond motifs is 1. The van der Waals surface area contributed by atoms with E-state index in [-0.39, 0.29) is 33.7 Å². The van der Waals surface area contributed by atoms with E-state index in [0.29, 0.717) is 27.0 Å². The summed E-state index contributed by atoms with van der Waals surface area (Å²) in [5.41, 5.74) is 2.46. The van der Waals surface area contributed by atoms with Crippen LogP contribution in [-0.4, -0.2) is 41.5 Å². The molecule has 6 rings (SSSR count). The fourth-order valence-corrected chi connectivity index (χ4v) is 6.47. The molecular weight excluding hydrogens is 553 g/mol. The van der Waals surface area contributed by atoms with Crippen LogP contribution < -0.4 is 4.90 Å². The number of aliphatic hydroxyl groups excluding tert-OH is 1. The number of benzene rings is 2. The van der Waals surface area contributed by atoms with Gasteiger partial charge in [0, 0.05) is 11.9 Å². The second-order valence-corrected chi connectivity index (χ2v) is 11.2. The number of thioether (sulfide) groups is 1. The Morgan fingerprint density at radius 3 is 2.65 bits per heavy atom. The molecule has 9 nitrogen and oxygen atoms in total. The number of phenols is 1. The van der Waals surface area contributed by atoms with Gasteiger partial charge < -0.3 is 10.2 Å². The van der Waals surface area contributed by atoms with Crippen molar-refractivity contribution in [2.24, 2.45) is 0 Å². The SMILES string of the molecule is Cc1nc2ccccn2c1C(O)=C1C(=O)C(=O)N(c2nnc(SCc3ccc(F)cc3)s2)C1c1cccc(O)c1. The topological polar surface area (TPSA) is 121 Å². The molecule has 12 heteroatoms. The van der Waals surface area contributed by atoms with E-state index in [1.54, 1.807) is 60.0 Å². The van der Waals surface area contributed by atoms with E-state index in [2.05, 4.69) is 15.2 Å². The summed E-state index contributed by atoms with van der Waals surface area (Å²) in [4.78, 5) is 32.6. The molecule has 3 aromatic heterocycles. The Kier molecular flexibility index (Phi) is 6.56. The number of hydrogen-bond donors (Lipinski definition) is 2. The predicted molar refractivity (Wildman–Crippen MR) is 149 cm³/mol. The van der Waals surface area contributed by atoms with Crippen LogP contribution in [-0.2, 0) is 15.3 Å². The van der Waals surface area contributed by atoms with Crippen LogP contribution in [0.25, 0.3) is 11.4 Å². The first-order valence-corrected chi connectivity index (χ1v) is 13.9. The molecule has 0 bridgehead atoms. The zero-order valence-corrected chi connectivity index (χ0v) is 22.5. The first-order valence-electron chi connectivity index (χ1n) is 12.1. The predicted octanol–water partition coefficient (Wildman–Crippen LogP) is 5.26. The van der Waals surface area contributed by atoms with Crippen molar-refractivity contribution in [3.05, 3.63) is 107 Å². The number of Topliss-reactive ketones (excluding diaryl/α,β-unsaturated/α-hetero) is 1. The Bertz CT molecular complexity index is 1820. The van der Waals surface area contributed by atoms with Crippen LogP contribution in [0, 0.1) is 12.7 Å². The number of halogens is 1. The van der Waals surface area contributed by atoms with Crippen molar-refractivity contribution in [3.8, 4) is 5.75 Å². The molecule has 0 aliphatic carbocycles.